The van der Waals surface area contributed by atoms with Crippen molar-refractivity contribution in [1.29, 1.82) is 0 Å². The number of aromatic nitrogens is 6. The second kappa shape index (κ2) is 10.1. The highest BCUT2D eigenvalue weighted by Crippen LogP contribution is 2.26. The molecule has 0 atom stereocenters. The van der Waals surface area contributed by atoms with Crippen molar-refractivity contribution in [1.82, 2.24) is 29.9 Å². The van der Waals surface area contributed by atoms with Gasteiger partial charge in [0.05, 0.1) is 28.7 Å². The number of nitro groups is 1. The van der Waals surface area contributed by atoms with Crippen molar-refractivity contribution >= 4 is 23.7 Å². The van der Waals surface area contributed by atoms with Gasteiger partial charge in [-0.1, -0.05) is 77.6 Å². The van der Waals surface area contributed by atoms with Crippen molar-refractivity contribution in [3.05, 3.63) is 112 Å². The Hall–Kier alpha value is -4.64. The summed E-state index contributed by atoms with van der Waals surface area (Å²) in [5.74, 6) is 1.12. The maximum absolute atomic E-state index is 10.9. The van der Waals surface area contributed by atoms with Crippen LogP contribution in [-0.2, 0) is 5.75 Å². The largest absolute Gasteiger partial charge is 0.269 e. The third kappa shape index (κ3) is 5.14. The molecular formula is C24H18N8O2S. The summed E-state index contributed by atoms with van der Waals surface area (Å²) >= 11 is 1.44. The molecule has 0 aliphatic rings. The van der Waals surface area contributed by atoms with E-state index in [1.54, 1.807) is 33.9 Å². The quantitative estimate of drug-likeness (QED) is 0.137. The van der Waals surface area contributed by atoms with Gasteiger partial charge in [-0.2, -0.15) is 9.78 Å². The van der Waals surface area contributed by atoms with Crippen LogP contribution in [0.2, 0.25) is 0 Å². The van der Waals surface area contributed by atoms with Crippen LogP contribution in [-0.4, -0.2) is 41.0 Å². The number of thioether (sulfide) groups is 1. The van der Waals surface area contributed by atoms with Gasteiger partial charge in [-0.3, -0.25) is 10.1 Å². The van der Waals surface area contributed by atoms with E-state index in [-0.39, 0.29) is 5.69 Å². The van der Waals surface area contributed by atoms with E-state index in [1.165, 1.54) is 23.9 Å². The van der Waals surface area contributed by atoms with Gasteiger partial charge in [-0.15, -0.1) is 15.3 Å². The molecule has 0 amide bonds. The molecule has 0 bridgehead atoms. The first-order valence-corrected chi connectivity index (χ1v) is 11.5. The first-order valence-electron chi connectivity index (χ1n) is 10.6. The van der Waals surface area contributed by atoms with Gasteiger partial charge in [0.2, 0.25) is 5.16 Å². The monoisotopic (exact) mass is 482 g/mol. The van der Waals surface area contributed by atoms with Crippen LogP contribution in [0, 0.1) is 10.1 Å². The fraction of sp³-hybridized carbons (Fsp3) is 0.0417. The van der Waals surface area contributed by atoms with Gasteiger partial charge in [-0.05, 0) is 17.7 Å². The van der Waals surface area contributed by atoms with E-state index in [0.29, 0.717) is 22.4 Å². The molecule has 2 aromatic heterocycles. The predicted molar refractivity (Wildman–Crippen MR) is 132 cm³/mol. The van der Waals surface area contributed by atoms with E-state index < -0.39 is 4.92 Å². The first-order chi connectivity index (χ1) is 17.2. The summed E-state index contributed by atoms with van der Waals surface area (Å²) in [6.07, 6.45) is 3.55. The van der Waals surface area contributed by atoms with E-state index >= 15 is 0 Å². The van der Waals surface area contributed by atoms with Crippen molar-refractivity contribution in [2.75, 3.05) is 0 Å². The molecule has 172 valence electrons. The van der Waals surface area contributed by atoms with Gasteiger partial charge in [0, 0.05) is 23.4 Å². The molecule has 0 aliphatic carbocycles. The molecule has 0 unspecified atom stereocenters. The molecule has 11 heteroatoms. The summed E-state index contributed by atoms with van der Waals surface area (Å²) in [7, 11) is 0. The third-order valence-electron chi connectivity index (χ3n) is 4.98. The topological polar surface area (TPSA) is 117 Å². The average Bonchev–Trinajstić information content (AvgIpc) is 3.54. The Bertz CT molecular complexity index is 1460. The zero-order valence-corrected chi connectivity index (χ0v) is 19.1. The van der Waals surface area contributed by atoms with E-state index in [1.807, 2.05) is 60.7 Å². The Morgan fingerprint density at radius 1 is 0.914 bits per heavy atom. The van der Waals surface area contributed by atoms with Crippen molar-refractivity contribution in [3.8, 4) is 17.1 Å². The van der Waals surface area contributed by atoms with Crippen LogP contribution in [0.25, 0.3) is 17.1 Å². The molecule has 2 heterocycles. The van der Waals surface area contributed by atoms with E-state index in [4.69, 9.17) is 0 Å². The highest BCUT2D eigenvalue weighted by atomic mass is 32.2. The molecule has 0 radical (unpaired) electrons. The number of rotatable bonds is 8. The van der Waals surface area contributed by atoms with Crippen LogP contribution in [0.4, 0.5) is 5.69 Å². The highest BCUT2D eigenvalue weighted by molar-refractivity contribution is 7.98. The summed E-state index contributed by atoms with van der Waals surface area (Å²) in [6.45, 7) is 0. The van der Waals surface area contributed by atoms with Crippen molar-refractivity contribution in [3.63, 3.8) is 0 Å². The number of benzene rings is 3. The molecule has 35 heavy (non-hydrogen) atoms. The normalized spacial score (nSPS) is 11.2. The lowest BCUT2D eigenvalue weighted by atomic mass is 10.2. The summed E-state index contributed by atoms with van der Waals surface area (Å²) in [5, 5.41) is 33.2. The van der Waals surface area contributed by atoms with E-state index in [0.717, 1.165) is 16.8 Å². The summed E-state index contributed by atoms with van der Waals surface area (Å²) in [5.41, 5.74) is 3.29. The number of hydrogen-bond acceptors (Lipinski definition) is 8. The number of non-ortho nitro benzene ring substituents is 1. The number of nitrogens with zero attached hydrogens (tertiary/aromatic N) is 8. The molecule has 0 N–H and O–H groups in total. The molecule has 3 aromatic carbocycles. The Balaban J connectivity index is 1.37. The Labute approximate surface area is 204 Å². The van der Waals surface area contributed by atoms with Crippen molar-refractivity contribution in [2.24, 2.45) is 5.10 Å². The third-order valence-corrected chi connectivity index (χ3v) is 5.93. The molecule has 0 saturated carbocycles. The van der Waals surface area contributed by atoms with E-state index in [2.05, 4.69) is 25.6 Å². The van der Waals surface area contributed by atoms with Crippen molar-refractivity contribution in [2.45, 2.75) is 10.9 Å². The molecule has 0 aliphatic heterocycles. The standard InChI is InChI=1S/C24H18N8O2S/c33-32(34)22-13-11-21(12-14-22)30-16-20(26-29-30)17-35-24-28-27-23(19-9-5-2-6-10-19)31(24)25-15-18-7-3-1-4-8-18/h1-16H,17H2/b25-15+. The van der Waals surface area contributed by atoms with Gasteiger partial charge in [0.15, 0.2) is 5.82 Å². The van der Waals surface area contributed by atoms with E-state index in [9.17, 15) is 10.1 Å². The zero-order valence-electron chi connectivity index (χ0n) is 18.2. The fourth-order valence-corrected chi connectivity index (χ4v) is 4.01. The Kier molecular flexibility index (Phi) is 6.39. The van der Waals surface area contributed by atoms with Gasteiger partial charge >= 0.3 is 0 Å². The van der Waals surface area contributed by atoms with Gasteiger partial charge in [0.25, 0.3) is 5.69 Å². The van der Waals surface area contributed by atoms with Crippen LogP contribution in [0.1, 0.15) is 11.3 Å². The predicted octanol–water partition coefficient (Wildman–Crippen LogP) is 4.61. The summed E-state index contributed by atoms with van der Waals surface area (Å²) in [6, 6.07) is 25.7. The second-order valence-electron chi connectivity index (χ2n) is 7.36. The number of nitro benzene ring substituents is 1. The van der Waals surface area contributed by atoms with Gasteiger partial charge in [0.1, 0.15) is 0 Å². The second-order valence-corrected chi connectivity index (χ2v) is 8.30. The minimum absolute atomic E-state index is 0.0225. The molecule has 5 aromatic rings. The Morgan fingerprint density at radius 3 is 2.34 bits per heavy atom. The smallest absolute Gasteiger partial charge is 0.258 e. The molecule has 0 saturated heterocycles. The lowest BCUT2D eigenvalue weighted by Crippen LogP contribution is -1.97. The van der Waals surface area contributed by atoms with Crippen LogP contribution < -0.4 is 0 Å². The van der Waals surface area contributed by atoms with Gasteiger partial charge < -0.3 is 0 Å². The molecule has 10 nitrogen and oxygen atoms in total. The number of hydrogen-bond donors (Lipinski definition) is 0. The van der Waals surface area contributed by atoms with Crippen LogP contribution in [0.5, 0.6) is 0 Å². The van der Waals surface area contributed by atoms with Gasteiger partial charge in [-0.25, -0.2) is 4.68 Å². The van der Waals surface area contributed by atoms with Crippen LogP contribution in [0.15, 0.2) is 101 Å². The minimum atomic E-state index is -0.437. The summed E-state index contributed by atoms with van der Waals surface area (Å²) in [4.78, 5) is 10.4. The van der Waals surface area contributed by atoms with Crippen LogP contribution in [0.3, 0.4) is 0 Å². The Morgan fingerprint density at radius 2 is 1.63 bits per heavy atom. The zero-order chi connectivity index (χ0) is 24.0. The maximum Gasteiger partial charge on any atom is 0.269 e. The molecule has 5 rings (SSSR count). The lowest BCUT2D eigenvalue weighted by molar-refractivity contribution is -0.384. The minimum Gasteiger partial charge on any atom is -0.258 e. The molecule has 0 fully saturated rings. The fourth-order valence-electron chi connectivity index (χ4n) is 3.25. The van der Waals surface area contributed by atoms with Crippen LogP contribution >= 0.6 is 11.8 Å². The lowest BCUT2D eigenvalue weighted by Gasteiger charge is -2.04. The maximum atomic E-state index is 10.9. The SMILES string of the molecule is O=[N+]([O-])c1ccc(-n2cc(CSc3nnc(-c4ccccc4)n3/N=C/c3ccccc3)nn2)cc1. The van der Waals surface area contributed by atoms with Crippen molar-refractivity contribution < 1.29 is 4.92 Å². The highest BCUT2D eigenvalue weighted by Gasteiger charge is 2.15. The molecular weight excluding hydrogens is 464 g/mol. The molecule has 0 spiro atoms. The summed E-state index contributed by atoms with van der Waals surface area (Å²) < 4.78 is 3.29. The first kappa shape index (κ1) is 22.2. The average molecular weight is 483 g/mol.